The van der Waals surface area contributed by atoms with Gasteiger partial charge in [0.2, 0.25) is 0 Å². The molecule has 0 aliphatic carbocycles. The van der Waals surface area contributed by atoms with Gasteiger partial charge in [0.05, 0.1) is 0 Å². The number of nitrogens with zero attached hydrogens (tertiary/aromatic N) is 2. The van der Waals surface area contributed by atoms with Crippen molar-refractivity contribution in [3.63, 3.8) is 0 Å². The number of rotatable bonds is 3. The summed E-state index contributed by atoms with van der Waals surface area (Å²) in [5.74, 6) is 0.449. The van der Waals surface area contributed by atoms with Crippen molar-refractivity contribution in [3.05, 3.63) is 88.1 Å². The van der Waals surface area contributed by atoms with Crippen molar-refractivity contribution in [1.82, 2.24) is 9.38 Å². The number of aryl methyl sites for hydroxylation is 3. The highest BCUT2D eigenvalue weighted by molar-refractivity contribution is 6.30. The minimum Gasteiger partial charge on any atom is -0.306 e. The Morgan fingerprint density at radius 1 is 0.929 bits per heavy atom. The lowest BCUT2D eigenvalue weighted by atomic mass is 10.0. The van der Waals surface area contributed by atoms with E-state index in [0.29, 0.717) is 16.4 Å². The maximum Gasteiger partial charge on any atom is 0.256 e. The molecule has 0 saturated carbocycles. The molecule has 0 saturated heterocycles. The Morgan fingerprint density at radius 2 is 1.61 bits per heavy atom. The molecule has 0 aliphatic rings. The van der Waals surface area contributed by atoms with Gasteiger partial charge in [-0.1, -0.05) is 28.8 Å². The van der Waals surface area contributed by atoms with E-state index in [9.17, 15) is 4.79 Å². The molecule has 0 fully saturated rings. The molecule has 0 radical (unpaired) electrons. The first-order chi connectivity index (χ1) is 13.4. The first-order valence-electron chi connectivity index (χ1n) is 9.05. The Balaban J connectivity index is 1.85. The third-order valence-corrected chi connectivity index (χ3v) is 4.87. The fourth-order valence-corrected chi connectivity index (χ4v) is 3.49. The number of imidazole rings is 1. The average Bonchev–Trinajstić information content (AvgIpc) is 2.99. The maximum atomic E-state index is 12.9. The van der Waals surface area contributed by atoms with Crippen LogP contribution in [0, 0.1) is 20.8 Å². The highest BCUT2D eigenvalue weighted by atomic mass is 35.5. The number of carbonyl (C=O) groups excluding carboxylic acids is 1. The second kappa shape index (κ2) is 7.13. The molecule has 0 spiro atoms. The van der Waals surface area contributed by atoms with Crippen LogP contribution in [0.5, 0.6) is 0 Å². The predicted octanol–water partition coefficient (Wildman–Crippen LogP) is 5.83. The van der Waals surface area contributed by atoms with E-state index in [1.165, 1.54) is 0 Å². The van der Waals surface area contributed by atoms with Gasteiger partial charge in [-0.25, -0.2) is 4.98 Å². The van der Waals surface area contributed by atoms with Crippen LogP contribution in [-0.2, 0) is 0 Å². The summed E-state index contributed by atoms with van der Waals surface area (Å²) in [5.41, 5.74) is 6.47. The summed E-state index contributed by atoms with van der Waals surface area (Å²) in [5, 5.41) is 3.64. The second-order valence-corrected chi connectivity index (χ2v) is 7.52. The minimum absolute atomic E-state index is 0.204. The zero-order valence-corrected chi connectivity index (χ0v) is 16.7. The van der Waals surface area contributed by atoms with Gasteiger partial charge in [-0.3, -0.25) is 9.20 Å². The molecule has 140 valence electrons. The molecule has 28 heavy (non-hydrogen) atoms. The summed E-state index contributed by atoms with van der Waals surface area (Å²) in [7, 11) is 0. The summed E-state index contributed by atoms with van der Waals surface area (Å²) in [4.78, 5) is 17.7. The zero-order chi connectivity index (χ0) is 19.8. The highest BCUT2D eigenvalue weighted by Gasteiger charge is 2.18. The topological polar surface area (TPSA) is 46.4 Å². The first kappa shape index (κ1) is 18.3. The van der Waals surface area contributed by atoms with E-state index in [-0.39, 0.29) is 5.91 Å². The van der Waals surface area contributed by atoms with Crippen molar-refractivity contribution in [2.75, 3.05) is 5.32 Å². The number of benzene rings is 2. The number of hydrogen-bond donors (Lipinski definition) is 1. The lowest BCUT2D eigenvalue weighted by Crippen LogP contribution is -2.14. The molecule has 1 amide bonds. The number of fused-ring (bicyclic) bond motifs is 1. The monoisotopic (exact) mass is 389 g/mol. The fourth-order valence-electron chi connectivity index (χ4n) is 3.36. The van der Waals surface area contributed by atoms with Gasteiger partial charge in [-0.15, -0.1) is 0 Å². The number of pyridine rings is 1. The average molecular weight is 390 g/mol. The van der Waals surface area contributed by atoms with Crippen molar-refractivity contribution in [2.45, 2.75) is 20.8 Å². The number of nitrogens with one attached hydrogen (secondary N) is 1. The van der Waals surface area contributed by atoms with Gasteiger partial charge in [0.25, 0.3) is 5.91 Å². The molecule has 4 nitrogen and oxygen atoms in total. The van der Waals surface area contributed by atoms with Crippen LogP contribution in [-0.4, -0.2) is 15.3 Å². The lowest BCUT2D eigenvalue weighted by Gasteiger charge is -2.09. The van der Waals surface area contributed by atoms with Gasteiger partial charge in [-0.2, -0.15) is 0 Å². The third-order valence-electron chi connectivity index (χ3n) is 4.62. The predicted molar refractivity (Wildman–Crippen MR) is 114 cm³/mol. The van der Waals surface area contributed by atoms with Crippen LogP contribution in [0.2, 0.25) is 5.02 Å². The molecule has 0 atom stereocenters. The van der Waals surface area contributed by atoms with Crippen LogP contribution in [0.25, 0.3) is 16.9 Å². The minimum atomic E-state index is -0.204. The Hall–Kier alpha value is -3.11. The number of hydrogen-bond acceptors (Lipinski definition) is 2. The number of halogens is 1. The standard InChI is InChI=1S/C23H20ClN3O/c1-14-8-9-27-20(13-14)25-21(18-11-15(2)10-16(3)12-18)22(27)26-23(28)17-4-6-19(24)7-5-17/h4-13H,1-3H3,(H,26,28). The molecule has 2 heterocycles. The van der Waals surface area contributed by atoms with Crippen LogP contribution in [0.15, 0.2) is 60.8 Å². The smallest absolute Gasteiger partial charge is 0.256 e. The van der Waals surface area contributed by atoms with Crippen molar-refractivity contribution in [3.8, 4) is 11.3 Å². The lowest BCUT2D eigenvalue weighted by molar-refractivity contribution is 0.102. The SMILES string of the molecule is Cc1cc(C)cc(-c2nc3cc(C)ccn3c2NC(=O)c2ccc(Cl)cc2)c1. The van der Waals surface area contributed by atoms with Crippen molar-refractivity contribution >= 4 is 29.0 Å². The van der Waals surface area contributed by atoms with Gasteiger partial charge >= 0.3 is 0 Å². The molecule has 0 bridgehead atoms. The van der Waals surface area contributed by atoms with Gasteiger partial charge < -0.3 is 5.32 Å². The van der Waals surface area contributed by atoms with Gasteiger partial charge in [-0.05, 0) is 74.9 Å². The maximum absolute atomic E-state index is 12.9. The summed E-state index contributed by atoms with van der Waals surface area (Å²) in [6, 6.07) is 17.1. The van der Waals surface area contributed by atoms with Crippen LogP contribution in [0.3, 0.4) is 0 Å². The van der Waals surface area contributed by atoms with E-state index in [0.717, 1.165) is 33.6 Å². The Kier molecular flexibility index (Phi) is 4.65. The number of aromatic nitrogens is 2. The van der Waals surface area contributed by atoms with Crippen molar-refractivity contribution < 1.29 is 4.79 Å². The summed E-state index contributed by atoms with van der Waals surface area (Å²) >= 11 is 5.94. The van der Waals surface area contributed by atoms with E-state index in [1.54, 1.807) is 24.3 Å². The van der Waals surface area contributed by atoms with Crippen molar-refractivity contribution in [2.24, 2.45) is 0 Å². The van der Waals surface area contributed by atoms with E-state index < -0.39 is 0 Å². The Labute approximate surface area is 168 Å². The zero-order valence-electron chi connectivity index (χ0n) is 16.0. The van der Waals surface area contributed by atoms with E-state index >= 15 is 0 Å². The molecule has 0 aliphatic heterocycles. The third kappa shape index (κ3) is 3.51. The van der Waals surface area contributed by atoms with Crippen molar-refractivity contribution in [1.29, 1.82) is 0 Å². The molecule has 0 unspecified atom stereocenters. The van der Waals surface area contributed by atoms with Gasteiger partial charge in [0.1, 0.15) is 17.2 Å². The second-order valence-electron chi connectivity index (χ2n) is 7.08. The molecular weight excluding hydrogens is 370 g/mol. The molecule has 5 heteroatoms. The van der Waals surface area contributed by atoms with E-state index in [1.807, 2.05) is 29.7 Å². The number of carbonyl (C=O) groups is 1. The quantitative estimate of drug-likeness (QED) is 0.479. The fraction of sp³-hybridized carbons (Fsp3) is 0.130. The van der Waals surface area contributed by atoms with E-state index in [4.69, 9.17) is 16.6 Å². The van der Waals surface area contributed by atoms with Crippen LogP contribution < -0.4 is 5.32 Å². The van der Waals surface area contributed by atoms with Gasteiger partial charge in [0.15, 0.2) is 0 Å². The summed E-state index contributed by atoms with van der Waals surface area (Å²) in [6.45, 7) is 6.14. The normalized spacial score (nSPS) is 11.0. The Morgan fingerprint density at radius 3 is 2.29 bits per heavy atom. The van der Waals surface area contributed by atoms with Crippen LogP contribution in [0.1, 0.15) is 27.0 Å². The Bertz CT molecular complexity index is 1170. The number of amides is 1. The molecule has 4 aromatic rings. The first-order valence-corrected chi connectivity index (χ1v) is 9.43. The summed E-state index contributed by atoms with van der Waals surface area (Å²) in [6.07, 6.45) is 1.93. The van der Waals surface area contributed by atoms with E-state index in [2.05, 4.69) is 37.4 Å². The molecule has 4 rings (SSSR count). The summed E-state index contributed by atoms with van der Waals surface area (Å²) < 4.78 is 1.91. The molecule has 1 N–H and O–H groups in total. The largest absolute Gasteiger partial charge is 0.306 e. The van der Waals surface area contributed by atoms with Gasteiger partial charge in [0, 0.05) is 22.3 Å². The van der Waals surface area contributed by atoms with Crippen LogP contribution >= 0.6 is 11.6 Å². The molecule has 2 aromatic carbocycles. The molecular formula is C23H20ClN3O. The number of anilines is 1. The highest BCUT2D eigenvalue weighted by Crippen LogP contribution is 2.31. The molecule has 2 aromatic heterocycles. The van der Waals surface area contributed by atoms with Crippen LogP contribution in [0.4, 0.5) is 5.82 Å².